The minimum absolute atomic E-state index is 0.336. The minimum Gasteiger partial charge on any atom is -0.493 e. The molecule has 0 unspecified atom stereocenters. The van der Waals surface area contributed by atoms with E-state index in [9.17, 15) is 4.79 Å². The van der Waals surface area contributed by atoms with Gasteiger partial charge in [-0.25, -0.2) is 0 Å². The molecular weight excluding hydrogens is 268 g/mol. The Hall–Kier alpha value is -2.69. The Bertz CT molecular complexity index is 669. The molecule has 0 fully saturated rings. The van der Waals surface area contributed by atoms with E-state index in [-0.39, 0.29) is 0 Å². The zero-order chi connectivity index (χ0) is 15.4. The van der Waals surface area contributed by atoms with Crippen molar-refractivity contribution in [3.8, 4) is 17.2 Å². The Labute approximate surface area is 123 Å². The molecule has 0 heterocycles. The second-order valence-electron chi connectivity index (χ2n) is 4.56. The normalized spacial score (nSPS) is 10.2. The van der Waals surface area contributed by atoms with Crippen molar-refractivity contribution < 1.29 is 14.3 Å². The standard InChI is InChI=1S/C16H18N2O3/c1-3-10-4-7-13(15(8-10)20-2)21-14-9-11(16(18)19)5-6-12(14)17/h4-9H,3,17H2,1-2H3,(H2,18,19). The molecule has 1 amide bonds. The van der Waals surface area contributed by atoms with Gasteiger partial charge in [0.25, 0.3) is 0 Å². The Morgan fingerprint density at radius 3 is 2.48 bits per heavy atom. The van der Waals surface area contributed by atoms with Gasteiger partial charge in [0, 0.05) is 5.56 Å². The van der Waals surface area contributed by atoms with E-state index in [0.29, 0.717) is 28.5 Å². The van der Waals surface area contributed by atoms with E-state index in [0.717, 1.165) is 12.0 Å². The maximum absolute atomic E-state index is 11.2. The highest BCUT2D eigenvalue weighted by Crippen LogP contribution is 2.35. The van der Waals surface area contributed by atoms with Gasteiger partial charge in [0.1, 0.15) is 0 Å². The highest BCUT2D eigenvalue weighted by Gasteiger charge is 2.11. The Morgan fingerprint density at radius 2 is 1.86 bits per heavy atom. The molecule has 0 bridgehead atoms. The smallest absolute Gasteiger partial charge is 0.248 e. The summed E-state index contributed by atoms with van der Waals surface area (Å²) >= 11 is 0. The van der Waals surface area contributed by atoms with E-state index in [4.69, 9.17) is 20.9 Å². The molecule has 0 atom stereocenters. The summed E-state index contributed by atoms with van der Waals surface area (Å²) in [7, 11) is 1.57. The lowest BCUT2D eigenvalue weighted by atomic mass is 10.1. The first-order chi connectivity index (χ1) is 10.0. The molecule has 2 aromatic carbocycles. The molecule has 5 heteroatoms. The summed E-state index contributed by atoms with van der Waals surface area (Å²) in [6.45, 7) is 2.06. The van der Waals surface area contributed by atoms with Gasteiger partial charge >= 0.3 is 0 Å². The monoisotopic (exact) mass is 286 g/mol. The van der Waals surface area contributed by atoms with Crippen LogP contribution >= 0.6 is 0 Å². The van der Waals surface area contributed by atoms with Crippen molar-refractivity contribution >= 4 is 11.6 Å². The molecular formula is C16H18N2O3. The van der Waals surface area contributed by atoms with E-state index in [1.54, 1.807) is 19.2 Å². The first-order valence-electron chi connectivity index (χ1n) is 6.59. The summed E-state index contributed by atoms with van der Waals surface area (Å²) in [5.41, 5.74) is 13.0. The van der Waals surface area contributed by atoms with Gasteiger partial charge in [-0.15, -0.1) is 0 Å². The van der Waals surface area contributed by atoms with Gasteiger partial charge in [0.15, 0.2) is 17.2 Å². The predicted molar refractivity (Wildman–Crippen MR) is 81.8 cm³/mol. The minimum atomic E-state index is -0.534. The maximum Gasteiger partial charge on any atom is 0.248 e. The summed E-state index contributed by atoms with van der Waals surface area (Å²) in [6.07, 6.45) is 0.899. The van der Waals surface area contributed by atoms with Crippen LogP contribution in [0, 0.1) is 0 Å². The van der Waals surface area contributed by atoms with Crippen LogP contribution in [0.1, 0.15) is 22.8 Å². The number of amides is 1. The molecule has 4 N–H and O–H groups in total. The van der Waals surface area contributed by atoms with Crippen molar-refractivity contribution in [2.24, 2.45) is 5.73 Å². The summed E-state index contributed by atoms with van der Waals surface area (Å²) in [6, 6.07) is 10.3. The van der Waals surface area contributed by atoms with Crippen LogP contribution < -0.4 is 20.9 Å². The third kappa shape index (κ3) is 3.25. The highest BCUT2D eigenvalue weighted by molar-refractivity contribution is 5.93. The SMILES string of the molecule is CCc1ccc(Oc2cc(C(N)=O)ccc2N)c(OC)c1. The van der Waals surface area contributed by atoms with Crippen LogP contribution in [0.5, 0.6) is 17.2 Å². The number of nitrogens with two attached hydrogens (primary N) is 2. The average Bonchev–Trinajstić information content (AvgIpc) is 2.49. The Balaban J connectivity index is 2.37. The Morgan fingerprint density at radius 1 is 1.10 bits per heavy atom. The van der Waals surface area contributed by atoms with Gasteiger partial charge < -0.3 is 20.9 Å². The van der Waals surface area contributed by atoms with Crippen LogP contribution in [0.15, 0.2) is 36.4 Å². The van der Waals surface area contributed by atoms with Crippen molar-refractivity contribution in [2.45, 2.75) is 13.3 Å². The van der Waals surface area contributed by atoms with Gasteiger partial charge in [0.2, 0.25) is 5.91 Å². The van der Waals surface area contributed by atoms with E-state index in [1.807, 2.05) is 18.2 Å². The summed E-state index contributed by atoms with van der Waals surface area (Å²) in [5.74, 6) is 0.975. The molecule has 110 valence electrons. The average molecular weight is 286 g/mol. The maximum atomic E-state index is 11.2. The summed E-state index contributed by atoms with van der Waals surface area (Å²) < 4.78 is 11.1. The van der Waals surface area contributed by atoms with E-state index >= 15 is 0 Å². The molecule has 0 aliphatic rings. The molecule has 2 aromatic rings. The quantitative estimate of drug-likeness (QED) is 0.827. The van der Waals surface area contributed by atoms with Gasteiger partial charge in [-0.3, -0.25) is 4.79 Å². The number of anilines is 1. The lowest BCUT2D eigenvalue weighted by molar-refractivity contribution is 0.1000. The zero-order valence-electron chi connectivity index (χ0n) is 12.1. The van der Waals surface area contributed by atoms with Crippen LogP contribution in [0.4, 0.5) is 5.69 Å². The Kier molecular flexibility index (Phi) is 4.33. The molecule has 0 saturated carbocycles. The fourth-order valence-corrected chi connectivity index (χ4v) is 1.91. The van der Waals surface area contributed by atoms with Crippen LogP contribution in [0.3, 0.4) is 0 Å². The van der Waals surface area contributed by atoms with Gasteiger partial charge in [-0.2, -0.15) is 0 Å². The number of carbonyl (C=O) groups excluding carboxylic acids is 1. The van der Waals surface area contributed by atoms with Crippen molar-refractivity contribution in [1.29, 1.82) is 0 Å². The van der Waals surface area contributed by atoms with Crippen molar-refractivity contribution in [3.63, 3.8) is 0 Å². The first kappa shape index (κ1) is 14.7. The lowest BCUT2D eigenvalue weighted by Gasteiger charge is -2.13. The topological polar surface area (TPSA) is 87.6 Å². The largest absolute Gasteiger partial charge is 0.493 e. The fraction of sp³-hybridized carbons (Fsp3) is 0.188. The number of nitrogen functional groups attached to an aromatic ring is 1. The van der Waals surface area contributed by atoms with Crippen LogP contribution in [0.25, 0.3) is 0 Å². The molecule has 0 saturated heterocycles. The van der Waals surface area contributed by atoms with Gasteiger partial charge in [-0.05, 0) is 42.3 Å². The molecule has 21 heavy (non-hydrogen) atoms. The molecule has 0 aliphatic carbocycles. The number of benzene rings is 2. The molecule has 2 rings (SSSR count). The van der Waals surface area contributed by atoms with Crippen LogP contribution in [-0.2, 0) is 6.42 Å². The van der Waals surface area contributed by atoms with Crippen molar-refractivity contribution in [3.05, 3.63) is 47.5 Å². The number of aryl methyl sites for hydroxylation is 1. The van der Waals surface area contributed by atoms with Gasteiger partial charge in [-0.1, -0.05) is 13.0 Å². The highest BCUT2D eigenvalue weighted by atomic mass is 16.5. The van der Waals surface area contributed by atoms with E-state index in [1.165, 1.54) is 6.07 Å². The summed E-state index contributed by atoms with van der Waals surface area (Å²) in [4.78, 5) is 11.2. The van der Waals surface area contributed by atoms with Crippen LogP contribution in [0.2, 0.25) is 0 Å². The molecule has 5 nitrogen and oxygen atoms in total. The van der Waals surface area contributed by atoms with Crippen molar-refractivity contribution in [2.75, 3.05) is 12.8 Å². The fourth-order valence-electron chi connectivity index (χ4n) is 1.91. The first-order valence-corrected chi connectivity index (χ1v) is 6.59. The molecule has 0 aromatic heterocycles. The number of rotatable bonds is 5. The zero-order valence-corrected chi connectivity index (χ0v) is 12.1. The third-order valence-corrected chi connectivity index (χ3v) is 3.15. The number of hydrogen-bond acceptors (Lipinski definition) is 4. The third-order valence-electron chi connectivity index (χ3n) is 3.15. The predicted octanol–water partition coefficient (Wildman–Crippen LogP) is 2.73. The summed E-state index contributed by atoms with van der Waals surface area (Å²) in [5, 5.41) is 0. The van der Waals surface area contributed by atoms with Crippen LogP contribution in [-0.4, -0.2) is 13.0 Å². The number of hydrogen-bond donors (Lipinski definition) is 2. The lowest BCUT2D eigenvalue weighted by Crippen LogP contribution is -2.11. The van der Waals surface area contributed by atoms with Crippen molar-refractivity contribution in [1.82, 2.24) is 0 Å². The molecule has 0 radical (unpaired) electrons. The molecule has 0 aliphatic heterocycles. The number of primary amides is 1. The van der Waals surface area contributed by atoms with E-state index < -0.39 is 5.91 Å². The van der Waals surface area contributed by atoms with E-state index in [2.05, 4.69) is 6.92 Å². The number of carbonyl (C=O) groups is 1. The number of ether oxygens (including phenoxy) is 2. The second-order valence-corrected chi connectivity index (χ2v) is 4.56. The number of methoxy groups -OCH3 is 1. The molecule has 0 spiro atoms. The second kappa shape index (κ2) is 6.17. The van der Waals surface area contributed by atoms with Gasteiger partial charge in [0.05, 0.1) is 12.8 Å².